The highest BCUT2D eigenvalue weighted by molar-refractivity contribution is 7.99. The first kappa shape index (κ1) is 20.2. The van der Waals surface area contributed by atoms with Crippen LogP contribution in [0.4, 0.5) is 5.82 Å². The maximum Gasteiger partial charge on any atom is 0.236 e. The number of aryl methyl sites for hydroxylation is 2. The van der Waals surface area contributed by atoms with Crippen molar-refractivity contribution in [3.8, 4) is 5.75 Å². The van der Waals surface area contributed by atoms with Crippen molar-refractivity contribution >= 4 is 35.1 Å². The molecule has 2 aromatic heterocycles. The minimum absolute atomic E-state index is 0.184. The number of carbonyl (C=O) groups excluding carboxylic acids is 1. The molecule has 0 spiro atoms. The molecule has 0 saturated carbocycles. The molecule has 3 rings (SSSR count). The van der Waals surface area contributed by atoms with Gasteiger partial charge in [0.25, 0.3) is 0 Å². The molecule has 9 heteroatoms. The van der Waals surface area contributed by atoms with Crippen LogP contribution in [0.5, 0.6) is 5.75 Å². The Balaban J connectivity index is 1.53. The lowest BCUT2D eigenvalue weighted by atomic mass is 10.1. The van der Waals surface area contributed by atoms with Crippen LogP contribution >= 0.6 is 23.4 Å². The molecule has 0 unspecified atom stereocenters. The van der Waals surface area contributed by atoms with Crippen LogP contribution in [-0.2, 0) is 18.4 Å². The second-order valence-electron chi connectivity index (χ2n) is 6.27. The van der Waals surface area contributed by atoms with Gasteiger partial charge < -0.3 is 14.6 Å². The topological polar surface area (TPSA) is 81.9 Å². The lowest BCUT2D eigenvalue weighted by molar-refractivity contribution is -0.113. The van der Waals surface area contributed by atoms with E-state index in [0.717, 1.165) is 16.9 Å². The highest BCUT2D eigenvalue weighted by Gasteiger charge is 2.12. The van der Waals surface area contributed by atoms with Crippen molar-refractivity contribution in [3.63, 3.8) is 0 Å². The molecule has 2 heterocycles. The first-order chi connectivity index (χ1) is 13.4. The summed E-state index contributed by atoms with van der Waals surface area (Å²) in [6.45, 7) is 4.36. The zero-order chi connectivity index (χ0) is 20.1. The first-order valence-corrected chi connectivity index (χ1v) is 9.90. The Kier molecular flexibility index (Phi) is 6.53. The minimum atomic E-state index is -0.184. The predicted molar refractivity (Wildman–Crippen MR) is 110 cm³/mol. The van der Waals surface area contributed by atoms with Gasteiger partial charge in [0.2, 0.25) is 5.91 Å². The number of anilines is 1. The largest absolute Gasteiger partial charge is 0.486 e. The van der Waals surface area contributed by atoms with Crippen LogP contribution in [0.15, 0.2) is 41.7 Å². The van der Waals surface area contributed by atoms with Gasteiger partial charge in [0.1, 0.15) is 18.2 Å². The van der Waals surface area contributed by atoms with E-state index in [2.05, 4.69) is 26.6 Å². The smallest absolute Gasteiger partial charge is 0.236 e. The van der Waals surface area contributed by atoms with Crippen molar-refractivity contribution in [3.05, 3.63) is 58.5 Å². The number of nitrogens with zero attached hydrogens (tertiary/aromatic N) is 4. The Morgan fingerprint density at radius 1 is 1.21 bits per heavy atom. The quantitative estimate of drug-likeness (QED) is 0.589. The number of hydrogen-bond donors (Lipinski definition) is 1. The van der Waals surface area contributed by atoms with Crippen LogP contribution in [0, 0.1) is 13.8 Å². The molecule has 0 bridgehead atoms. The second kappa shape index (κ2) is 9.07. The van der Waals surface area contributed by atoms with Crippen LogP contribution in [0.25, 0.3) is 0 Å². The summed E-state index contributed by atoms with van der Waals surface area (Å²) in [6, 6.07) is 9.37. The number of aromatic nitrogens is 4. The summed E-state index contributed by atoms with van der Waals surface area (Å²) in [5.41, 5.74) is 2.29. The van der Waals surface area contributed by atoms with E-state index in [0.29, 0.717) is 28.4 Å². The fourth-order valence-corrected chi connectivity index (χ4v) is 3.36. The van der Waals surface area contributed by atoms with Gasteiger partial charge in [-0.1, -0.05) is 29.4 Å². The Morgan fingerprint density at radius 2 is 1.96 bits per heavy atom. The monoisotopic (exact) mass is 417 g/mol. The molecule has 1 N–H and O–H groups in total. The Bertz CT molecular complexity index is 955. The maximum atomic E-state index is 12.1. The van der Waals surface area contributed by atoms with Crippen molar-refractivity contribution < 1.29 is 9.53 Å². The van der Waals surface area contributed by atoms with E-state index in [1.54, 1.807) is 12.1 Å². The average molecular weight is 418 g/mol. The van der Waals surface area contributed by atoms with Crippen molar-refractivity contribution in [1.82, 2.24) is 19.7 Å². The molecule has 28 heavy (non-hydrogen) atoms. The summed E-state index contributed by atoms with van der Waals surface area (Å²) >= 11 is 7.07. The summed E-state index contributed by atoms with van der Waals surface area (Å²) in [4.78, 5) is 16.1. The van der Waals surface area contributed by atoms with Crippen molar-refractivity contribution in [2.45, 2.75) is 25.6 Å². The summed E-state index contributed by atoms with van der Waals surface area (Å²) in [6.07, 6.45) is 1.48. The molecule has 1 amide bonds. The van der Waals surface area contributed by atoms with E-state index in [1.807, 2.05) is 37.6 Å². The third kappa shape index (κ3) is 5.46. The molecule has 7 nitrogen and oxygen atoms in total. The third-order valence-corrected chi connectivity index (χ3v) is 5.06. The summed E-state index contributed by atoms with van der Waals surface area (Å²) in [7, 11) is 1.85. The minimum Gasteiger partial charge on any atom is -0.486 e. The fraction of sp³-hybridized carbons (Fsp3) is 0.263. The molecule has 0 radical (unpaired) electrons. The van der Waals surface area contributed by atoms with Gasteiger partial charge in [-0.2, -0.15) is 0 Å². The van der Waals surface area contributed by atoms with Crippen LogP contribution in [0.1, 0.15) is 17.0 Å². The number of thioether (sulfide) groups is 1. The number of ether oxygens (including phenoxy) is 1. The second-order valence-corrected chi connectivity index (χ2v) is 7.65. The zero-order valence-corrected chi connectivity index (χ0v) is 17.3. The maximum absolute atomic E-state index is 12.1. The number of benzene rings is 1. The number of pyridine rings is 1. The Morgan fingerprint density at radius 3 is 2.64 bits per heavy atom. The van der Waals surface area contributed by atoms with Gasteiger partial charge in [0.15, 0.2) is 11.0 Å². The Hall–Kier alpha value is -2.58. The highest BCUT2D eigenvalue weighted by atomic mass is 35.5. The molecule has 1 aromatic carbocycles. The number of hydrogen-bond acceptors (Lipinski definition) is 6. The van der Waals surface area contributed by atoms with Gasteiger partial charge in [0.05, 0.1) is 10.8 Å². The number of carbonyl (C=O) groups is 1. The van der Waals surface area contributed by atoms with E-state index in [9.17, 15) is 4.79 Å². The predicted octanol–water partition coefficient (Wildman–Crippen LogP) is 3.79. The van der Waals surface area contributed by atoms with Gasteiger partial charge in [-0.05, 0) is 49.2 Å². The fourth-order valence-electron chi connectivity index (χ4n) is 2.52. The molecular formula is C19H20ClN5O2S. The van der Waals surface area contributed by atoms with E-state index in [1.165, 1.54) is 18.0 Å². The van der Waals surface area contributed by atoms with Crippen LogP contribution in [0.3, 0.4) is 0 Å². The average Bonchev–Trinajstić information content (AvgIpc) is 2.99. The zero-order valence-electron chi connectivity index (χ0n) is 15.8. The van der Waals surface area contributed by atoms with Gasteiger partial charge in [-0.25, -0.2) is 4.98 Å². The Labute approximate surface area is 172 Å². The standard InChI is InChI=1S/C19H20ClN5O2S/c1-12-6-13(2)8-15(7-12)27-10-17-23-24-19(25(17)3)28-11-18(26)22-16-5-4-14(20)9-21-16/h4-9H,10-11H2,1-3H3,(H,21,22,26). The molecule has 0 saturated heterocycles. The summed E-state index contributed by atoms with van der Waals surface area (Å²) in [5, 5.41) is 12.2. The van der Waals surface area contributed by atoms with Gasteiger partial charge in [0, 0.05) is 13.2 Å². The molecule has 0 aliphatic heterocycles. The van der Waals surface area contributed by atoms with Crippen LogP contribution in [-0.4, -0.2) is 31.4 Å². The van der Waals surface area contributed by atoms with Gasteiger partial charge >= 0.3 is 0 Å². The van der Waals surface area contributed by atoms with Crippen molar-refractivity contribution in [2.75, 3.05) is 11.1 Å². The van der Waals surface area contributed by atoms with Crippen molar-refractivity contribution in [2.24, 2.45) is 7.05 Å². The van der Waals surface area contributed by atoms with E-state index in [4.69, 9.17) is 16.3 Å². The third-order valence-electron chi connectivity index (χ3n) is 3.82. The molecule has 146 valence electrons. The van der Waals surface area contributed by atoms with Crippen molar-refractivity contribution in [1.29, 1.82) is 0 Å². The number of nitrogens with one attached hydrogen (secondary N) is 1. The highest BCUT2D eigenvalue weighted by Crippen LogP contribution is 2.20. The van der Waals surface area contributed by atoms with Crippen LogP contribution in [0.2, 0.25) is 5.02 Å². The molecule has 3 aromatic rings. The molecule has 0 aliphatic rings. The number of rotatable bonds is 7. The molecule has 0 aliphatic carbocycles. The first-order valence-electron chi connectivity index (χ1n) is 8.54. The number of amides is 1. The van der Waals surface area contributed by atoms with E-state index in [-0.39, 0.29) is 11.7 Å². The lowest BCUT2D eigenvalue weighted by Gasteiger charge is -2.08. The van der Waals surface area contributed by atoms with Gasteiger partial charge in [-0.3, -0.25) is 4.79 Å². The van der Waals surface area contributed by atoms with Crippen LogP contribution < -0.4 is 10.1 Å². The molecule has 0 atom stereocenters. The summed E-state index contributed by atoms with van der Waals surface area (Å²) in [5.74, 6) is 1.94. The van der Waals surface area contributed by atoms with E-state index >= 15 is 0 Å². The lowest BCUT2D eigenvalue weighted by Crippen LogP contribution is -2.15. The number of halogens is 1. The molecule has 0 fully saturated rings. The normalized spacial score (nSPS) is 10.7. The molecular weight excluding hydrogens is 398 g/mol. The summed E-state index contributed by atoms with van der Waals surface area (Å²) < 4.78 is 7.65. The van der Waals surface area contributed by atoms with Gasteiger partial charge in [-0.15, -0.1) is 10.2 Å². The van der Waals surface area contributed by atoms with E-state index < -0.39 is 0 Å². The SMILES string of the molecule is Cc1cc(C)cc(OCc2nnc(SCC(=O)Nc3ccc(Cl)cn3)n2C)c1.